The lowest BCUT2D eigenvalue weighted by Gasteiger charge is -2.21. The van der Waals surface area contributed by atoms with Crippen molar-refractivity contribution in [3.05, 3.63) is 115 Å². The summed E-state index contributed by atoms with van der Waals surface area (Å²) in [5, 5.41) is 12.9. The molecule has 39 heavy (non-hydrogen) atoms. The van der Waals surface area contributed by atoms with Crippen molar-refractivity contribution in [1.82, 2.24) is 9.55 Å². The predicted molar refractivity (Wildman–Crippen MR) is 155 cm³/mol. The summed E-state index contributed by atoms with van der Waals surface area (Å²) in [6, 6.07) is 32.1. The molecule has 0 bridgehead atoms. The number of furan rings is 1. The average molecular weight is 510 g/mol. The van der Waals surface area contributed by atoms with E-state index in [1.807, 2.05) is 71.4 Å². The monoisotopic (exact) mass is 509 g/mol. The van der Waals surface area contributed by atoms with Crippen molar-refractivity contribution in [2.75, 3.05) is 0 Å². The summed E-state index contributed by atoms with van der Waals surface area (Å²) in [5.74, 6) is 0.181. The molecular weight excluding hydrogens is 482 g/mol. The summed E-state index contributed by atoms with van der Waals surface area (Å²) in [5.41, 5.74) is 8.17. The summed E-state index contributed by atoms with van der Waals surface area (Å²) in [4.78, 5) is 4.63. The van der Waals surface area contributed by atoms with Gasteiger partial charge in [-0.15, -0.1) is 0 Å². The topological polar surface area (TPSA) is 55.1 Å². The molecule has 0 unspecified atom stereocenters. The Bertz CT molecular complexity index is 2010. The molecule has 0 fully saturated rings. The molecule has 7 aromatic rings. The van der Waals surface area contributed by atoms with Crippen LogP contribution in [0.15, 0.2) is 108 Å². The van der Waals surface area contributed by atoms with E-state index in [2.05, 4.69) is 67.0 Å². The summed E-state index contributed by atoms with van der Waals surface area (Å²) in [6.45, 7) is 6.65. The second-order valence-electron chi connectivity index (χ2n) is 10.9. The van der Waals surface area contributed by atoms with Crippen LogP contribution in [0, 0.1) is 6.33 Å². The van der Waals surface area contributed by atoms with Gasteiger partial charge < -0.3 is 9.52 Å². The number of fused-ring (bicyclic) bond motifs is 5. The Morgan fingerprint density at radius 1 is 0.846 bits per heavy atom. The van der Waals surface area contributed by atoms with Crippen LogP contribution in [0.25, 0.3) is 55.6 Å². The maximum Gasteiger partial charge on any atom is 0.269 e. The molecule has 0 aliphatic carbocycles. The van der Waals surface area contributed by atoms with Crippen LogP contribution in [-0.4, -0.2) is 14.7 Å². The van der Waals surface area contributed by atoms with Crippen LogP contribution in [0.2, 0.25) is 0 Å². The number of rotatable bonds is 3. The zero-order valence-electron chi connectivity index (χ0n) is 22.0. The van der Waals surface area contributed by atoms with Gasteiger partial charge in [0.05, 0.1) is 22.4 Å². The van der Waals surface area contributed by atoms with Crippen LogP contribution in [-0.2, 0) is 5.41 Å². The van der Waals surface area contributed by atoms with E-state index in [0.29, 0.717) is 5.69 Å². The first-order valence-electron chi connectivity index (χ1n) is 13.0. The van der Waals surface area contributed by atoms with Crippen LogP contribution in [0.3, 0.4) is 0 Å². The molecule has 3 aromatic heterocycles. The number of benzene rings is 4. The van der Waals surface area contributed by atoms with Crippen LogP contribution in [0.4, 0.5) is 0 Å². The molecule has 3 heterocycles. The Morgan fingerprint density at radius 2 is 1.64 bits per heavy atom. The number of aromatic hydroxyl groups is 1. The standard InChI is InChI=1S/C34H27N3O2/c1-34(2,3)23-18-22(26-11-8-9-17-35-26)19-24(20-23)36-21-37(27-12-5-6-13-29(27)38)33-28(36)15-16-31-32(33)25-10-4-7-14-30(25)39-31/h4-20,38H,1-3H3. The van der Waals surface area contributed by atoms with Gasteiger partial charge in [-0.2, -0.15) is 0 Å². The smallest absolute Gasteiger partial charge is 0.269 e. The lowest BCUT2D eigenvalue weighted by Crippen LogP contribution is -2.30. The number of para-hydroxylation sites is 3. The lowest BCUT2D eigenvalue weighted by atomic mass is 9.85. The number of phenols is 1. The van der Waals surface area contributed by atoms with Gasteiger partial charge in [0.15, 0.2) is 0 Å². The molecule has 0 saturated carbocycles. The highest BCUT2D eigenvalue weighted by molar-refractivity contribution is 6.16. The van der Waals surface area contributed by atoms with E-state index in [0.717, 1.165) is 49.9 Å². The third-order valence-corrected chi connectivity index (χ3v) is 7.28. The molecule has 1 N–H and O–H groups in total. The van der Waals surface area contributed by atoms with Gasteiger partial charge in [-0.05, 0) is 71.1 Å². The number of aromatic nitrogens is 3. The van der Waals surface area contributed by atoms with Crippen molar-refractivity contribution in [2.24, 2.45) is 0 Å². The summed E-state index contributed by atoms with van der Waals surface area (Å²) in [6.07, 6.45) is 5.40. The van der Waals surface area contributed by atoms with Crippen molar-refractivity contribution in [3.8, 4) is 28.4 Å². The molecule has 190 valence electrons. The fourth-order valence-electron chi connectivity index (χ4n) is 5.28. The minimum absolute atomic E-state index is 0.0792. The molecular formula is C34H27N3O2. The lowest BCUT2D eigenvalue weighted by molar-refractivity contribution is -0.572. The van der Waals surface area contributed by atoms with E-state index < -0.39 is 0 Å². The van der Waals surface area contributed by atoms with E-state index in [9.17, 15) is 5.11 Å². The Hall–Kier alpha value is -4.90. The van der Waals surface area contributed by atoms with E-state index >= 15 is 0 Å². The summed E-state index contributed by atoms with van der Waals surface area (Å²) >= 11 is 0. The largest absolute Gasteiger partial charge is 0.511 e. The first-order chi connectivity index (χ1) is 18.9. The van der Waals surface area contributed by atoms with Crippen LogP contribution < -0.4 is 4.57 Å². The van der Waals surface area contributed by atoms with E-state index in [4.69, 9.17) is 4.42 Å². The Morgan fingerprint density at radius 3 is 2.44 bits per heavy atom. The van der Waals surface area contributed by atoms with E-state index in [1.165, 1.54) is 5.56 Å². The van der Waals surface area contributed by atoms with Gasteiger partial charge in [0.25, 0.3) is 6.33 Å². The minimum Gasteiger partial charge on any atom is -0.511 e. The van der Waals surface area contributed by atoms with Gasteiger partial charge in [0.1, 0.15) is 22.6 Å². The summed E-state index contributed by atoms with van der Waals surface area (Å²) in [7, 11) is 0. The highest BCUT2D eigenvalue weighted by Gasteiger charge is 2.22. The highest BCUT2D eigenvalue weighted by Crippen LogP contribution is 2.37. The molecule has 7 rings (SSSR count). The first kappa shape index (κ1) is 23.2. The highest BCUT2D eigenvalue weighted by atomic mass is 16.3. The molecule has 0 radical (unpaired) electrons. The molecule has 0 spiro atoms. The van der Waals surface area contributed by atoms with Crippen molar-refractivity contribution >= 4 is 33.0 Å². The molecule has 5 nitrogen and oxygen atoms in total. The van der Waals surface area contributed by atoms with Crippen LogP contribution in [0.1, 0.15) is 26.3 Å². The summed E-state index contributed by atoms with van der Waals surface area (Å²) < 4.78 is 10.2. The van der Waals surface area contributed by atoms with Crippen molar-refractivity contribution in [2.45, 2.75) is 26.2 Å². The molecule has 0 atom stereocenters. The number of imidazole rings is 1. The predicted octanol–water partition coefficient (Wildman–Crippen LogP) is 7.67. The van der Waals surface area contributed by atoms with Gasteiger partial charge in [0, 0.05) is 17.0 Å². The van der Waals surface area contributed by atoms with Crippen LogP contribution >= 0.6 is 0 Å². The number of hydrogen-bond acceptors (Lipinski definition) is 3. The van der Waals surface area contributed by atoms with Crippen molar-refractivity contribution in [1.29, 1.82) is 0 Å². The molecule has 0 aliphatic rings. The fraction of sp³-hybridized carbons (Fsp3) is 0.118. The molecule has 0 saturated heterocycles. The Kier molecular flexibility index (Phi) is 5.10. The maximum absolute atomic E-state index is 10.9. The van der Waals surface area contributed by atoms with Gasteiger partial charge >= 0.3 is 0 Å². The minimum atomic E-state index is -0.0792. The second-order valence-corrected chi connectivity index (χ2v) is 10.9. The quantitative estimate of drug-likeness (QED) is 0.196. The third-order valence-electron chi connectivity index (χ3n) is 7.28. The number of hydrogen-bond donors (Lipinski definition) is 1. The number of nitrogens with zero attached hydrogens (tertiary/aromatic N) is 3. The third kappa shape index (κ3) is 3.77. The van der Waals surface area contributed by atoms with Gasteiger partial charge in [-0.1, -0.05) is 63.2 Å². The van der Waals surface area contributed by atoms with Gasteiger partial charge in [0.2, 0.25) is 0 Å². The van der Waals surface area contributed by atoms with Gasteiger partial charge in [-0.25, -0.2) is 0 Å². The molecule has 0 aliphatic heterocycles. The molecule has 5 heteroatoms. The normalized spacial score (nSPS) is 12.1. The van der Waals surface area contributed by atoms with Crippen molar-refractivity contribution in [3.63, 3.8) is 0 Å². The number of phenolic OH excluding ortho intramolecular Hbond substituents is 1. The Labute approximate surface area is 226 Å². The van der Waals surface area contributed by atoms with Crippen molar-refractivity contribution < 1.29 is 14.1 Å². The molecule has 0 amide bonds. The molecule has 4 aromatic carbocycles. The Balaban J connectivity index is 1.60. The van der Waals surface area contributed by atoms with Crippen LogP contribution in [0.5, 0.6) is 5.75 Å². The maximum atomic E-state index is 10.9. The first-order valence-corrected chi connectivity index (χ1v) is 13.0. The second kappa shape index (κ2) is 8.57. The van der Waals surface area contributed by atoms with Gasteiger partial charge in [-0.3, -0.25) is 14.1 Å². The average Bonchev–Trinajstić information content (AvgIpc) is 3.51. The zero-order valence-corrected chi connectivity index (χ0v) is 22.0. The fourth-order valence-corrected chi connectivity index (χ4v) is 5.28. The van der Waals surface area contributed by atoms with E-state index in [-0.39, 0.29) is 11.2 Å². The zero-order chi connectivity index (χ0) is 26.7. The number of pyridine rings is 1. The SMILES string of the molecule is CC(C)(C)c1cc(-c2ccccn2)cc(-[n+]2[c-]n(-c3ccccc3O)c3c4c(ccc32)oc2ccccc24)c1. The van der Waals surface area contributed by atoms with E-state index in [1.54, 1.807) is 6.07 Å².